The third-order valence-corrected chi connectivity index (χ3v) is 2.63. The molecule has 0 saturated heterocycles. The summed E-state index contributed by atoms with van der Waals surface area (Å²) in [6.45, 7) is 2.37. The predicted octanol–water partition coefficient (Wildman–Crippen LogP) is 2.18. The summed E-state index contributed by atoms with van der Waals surface area (Å²) in [5.41, 5.74) is 0.391. The third-order valence-electron chi connectivity index (χ3n) is 1.53. The maximum absolute atomic E-state index is 13.0. The van der Waals surface area contributed by atoms with E-state index in [1.807, 2.05) is 29.5 Å². The first-order valence-electron chi connectivity index (χ1n) is 3.89. The average molecular weight is 293 g/mol. The lowest BCUT2D eigenvalue weighted by Gasteiger charge is -2.04. The van der Waals surface area contributed by atoms with Crippen molar-refractivity contribution in [3.05, 3.63) is 33.1 Å². The van der Waals surface area contributed by atoms with Crippen LogP contribution in [0.5, 0.6) is 0 Å². The molecule has 1 aromatic rings. The van der Waals surface area contributed by atoms with Crippen LogP contribution in [0.4, 0.5) is 4.39 Å². The normalized spacial score (nSPS) is 9.77. The molecule has 0 unspecified atom stereocenters. The molecule has 0 aliphatic carbocycles. The van der Waals surface area contributed by atoms with Gasteiger partial charge in [0.15, 0.2) is 0 Å². The average Bonchev–Trinajstić information content (AvgIpc) is 2.10. The van der Waals surface area contributed by atoms with Gasteiger partial charge in [0.25, 0.3) is 5.91 Å². The minimum atomic E-state index is -0.357. The number of benzene rings is 1. The Balaban J connectivity index is 3.01. The Morgan fingerprint density at radius 3 is 2.92 bits per heavy atom. The molecule has 0 bridgehead atoms. The molecular formula is C9H9FINO. The molecule has 0 atom stereocenters. The fourth-order valence-electron chi connectivity index (χ4n) is 0.935. The van der Waals surface area contributed by atoms with Crippen LogP contribution < -0.4 is 5.32 Å². The number of rotatable bonds is 2. The van der Waals surface area contributed by atoms with Gasteiger partial charge >= 0.3 is 0 Å². The van der Waals surface area contributed by atoms with E-state index in [0.717, 1.165) is 0 Å². The van der Waals surface area contributed by atoms with Crippen molar-refractivity contribution in [1.29, 1.82) is 0 Å². The molecule has 70 valence electrons. The molecule has 0 aliphatic rings. The summed E-state index contributed by atoms with van der Waals surface area (Å²) >= 11 is 1.82. The van der Waals surface area contributed by atoms with Crippen molar-refractivity contribution in [2.75, 3.05) is 6.54 Å². The van der Waals surface area contributed by atoms with Gasteiger partial charge in [-0.05, 0) is 41.6 Å². The molecule has 2 nitrogen and oxygen atoms in total. The number of carbonyl (C=O) groups is 1. The Morgan fingerprint density at radius 2 is 2.31 bits per heavy atom. The number of nitrogens with one attached hydrogen (secondary N) is 1. The van der Waals surface area contributed by atoms with Gasteiger partial charge in [-0.15, -0.1) is 0 Å². The van der Waals surface area contributed by atoms with Crippen molar-refractivity contribution in [2.24, 2.45) is 0 Å². The fourth-order valence-corrected chi connectivity index (χ4v) is 1.54. The SMILES string of the molecule is CCNC(=O)c1cccc(F)c1I. The highest BCUT2D eigenvalue weighted by Crippen LogP contribution is 2.15. The van der Waals surface area contributed by atoms with Gasteiger partial charge in [0.2, 0.25) is 0 Å². The molecule has 0 aliphatic heterocycles. The molecule has 1 aromatic carbocycles. The standard InChI is InChI=1S/C9H9FINO/c1-2-12-9(13)6-4-3-5-7(10)8(6)11/h3-5H,2H2,1H3,(H,12,13). The van der Waals surface area contributed by atoms with Crippen LogP contribution >= 0.6 is 22.6 Å². The summed E-state index contributed by atoms with van der Waals surface area (Å²) in [7, 11) is 0. The van der Waals surface area contributed by atoms with E-state index in [1.54, 1.807) is 6.07 Å². The molecule has 1 amide bonds. The highest BCUT2D eigenvalue weighted by atomic mass is 127. The zero-order valence-corrected chi connectivity index (χ0v) is 9.26. The Kier molecular flexibility index (Phi) is 3.65. The molecule has 13 heavy (non-hydrogen) atoms. The monoisotopic (exact) mass is 293 g/mol. The Morgan fingerprint density at radius 1 is 1.62 bits per heavy atom. The lowest BCUT2D eigenvalue weighted by molar-refractivity contribution is 0.0954. The smallest absolute Gasteiger partial charge is 0.252 e. The molecule has 0 radical (unpaired) electrons. The second kappa shape index (κ2) is 4.55. The summed E-state index contributed by atoms with van der Waals surface area (Å²) in [6.07, 6.45) is 0. The number of carbonyl (C=O) groups excluding carboxylic acids is 1. The van der Waals surface area contributed by atoms with Crippen LogP contribution in [0.2, 0.25) is 0 Å². The Bertz CT molecular complexity index is 327. The number of halogens is 2. The predicted molar refractivity (Wildman–Crippen MR) is 57.1 cm³/mol. The summed E-state index contributed by atoms with van der Waals surface area (Å²) in [5.74, 6) is -0.587. The second-order valence-electron chi connectivity index (χ2n) is 2.46. The van der Waals surface area contributed by atoms with Gasteiger partial charge in [0.1, 0.15) is 5.82 Å². The second-order valence-corrected chi connectivity index (χ2v) is 3.54. The van der Waals surface area contributed by atoms with Gasteiger partial charge in [-0.3, -0.25) is 4.79 Å². The Hall–Kier alpha value is -0.650. The molecule has 1 rings (SSSR count). The topological polar surface area (TPSA) is 29.1 Å². The van der Waals surface area contributed by atoms with Crippen molar-refractivity contribution in [3.8, 4) is 0 Å². The van der Waals surface area contributed by atoms with Crippen LogP contribution in [0.25, 0.3) is 0 Å². The number of hydrogen-bond donors (Lipinski definition) is 1. The van der Waals surface area contributed by atoms with Crippen molar-refractivity contribution < 1.29 is 9.18 Å². The maximum atomic E-state index is 13.0. The van der Waals surface area contributed by atoms with Crippen LogP contribution in [0.15, 0.2) is 18.2 Å². The van der Waals surface area contributed by atoms with E-state index in [-0.39, 0.29) is 11.7 Å². The van der Waals surface area contributed by atoms with E-state index in [9.17, 15) is 9.18 Å². The van der Waals surface area contributed by atoms with E-state index < -0.39 is 0 Å². The molecule has 0 fully saturated rings. The number of hydrogen-bond acceptors (Lipinski definition) is 1. The first-order valence-corrected chi connectivity index (χ1v) is 4.97. The van der Waals surface area contributed by atoms with Crippen molar-refractivity contribution in [2.45, 2.75) is 6.92 Å². The molecule has 0 aromatic heterocycles. The largest absolute Gasteiger partial charge is 0.352 e. The van der Waals surface area contributed by atoms with Crippen LogP contribution in [-0.2, 0) is 0 Å². The summed E-state index contributed by atoms with van der Waals surface area (Å²) < 4.78 is 13.4. The van der Waals surface area contributed by atoms with Crippen LogP contribution in [0.3, 0.4) is 0 Å². The molecule has 0 saturated carbocycles. The molecular weight excluding hydrogens is 284 g/mol. The van der Waals surface area contributed by atoms with Crippen molar-refractivity contribution >= 4 is 28.5 Å². The third kappa shape index (κ3) is 2.40. The first kappa shape index (κ1) is 10.4. The fraction of sp³-hybridized carbons (Fsp3) is 0.222. The van der Waals surface area contributed by atoms with E-state index >= 15 is 0 Å². The van der Waals surface area contributed by atoms with E-state index in [0.29, 0.717) is 15.7 Å². The quantitative estimate of drug-likeness (QED) is 0.832. The molecule has 1 N–H and O–H groups in total. The van der Waals surface area contributed by atoms with Crippen LogP contribution in [-0.4, -0.2) is 12.5 Å². The van der Waals surface area contributed by atoms with Gasteiger partial charge in [-0.25, -0.2) is 4.39 Å². The molecule has 0 heterocycles. The summed E-state index contributed by atoms with van der Waals surface area (Å²) in [5, 5.41) is 2.62. The minimum absolute atomic E-state index is 0.230. The van der Waals surface area contributed by atoms with Crippen molar-refractivity contribution in [3.63, 3.8) is 0 Å². The lowest BCUT2D eigenvalue weighted by atomic mass is 10.2. The lowest BCUT2D eigenvalue weighted by Crippen LogP contribution is -2.23. The van der Waals surface area contributed by atoms with Gasteiger partial charge in [0, 0.05) is 6.54 Å². The highest BCUT2D eigenvalue weighted by Gasteiger charge is 2.11. The zero-order chi connectivity index (χ0) is 9.84. The minimum Gasteiger partial charge on any atom is -0.352 e. The number of amides is 1. The van der Waals surface area contributed by atoms with Crippen molar-refractivity contribution in [1.82, 2.24) is 5.32 Å². The maximum Gasteiger partial charge on any atom is 0.252 e. The van der Waals surface area contributed by atoms with E-state index in [1.165, 1.54) is 12.1 Å². The summed E-state index contributed by atoms with van der Waals surface area (Å²) in [6, 6.07) is 4.47. The Labute approximate surface area is 89.7 Å². The summed E-state index contributed by atoms with van der Waals surface area (Å²) in [4.78, 5) is 11.3. The van der Waals surface area contributed by atoms with Crippen LogP contribution in [0, 0.1) is 9.39 Å². The zero-order valence-electron chi connectivity index (χ0n) is 7.10. The van der Waals surface area contributed by atoms with Gasteiger partial charge < -0.3 is 5.32 Å². The highest BCUT2D eigenvalue weighted by molar-refractivity contribution is 14.1. The van der Waals surface area contributed by atoms with Gasteiger partial charge in [0.05, 0.1) is 9.13 Å². The first-order chi connectivity index (χ1) is 6.16. The molecule has 0 spiro atoms. The molecule has 4 heteroatoms. The van der Waals surface area contributed by atoms with Gasteiger partial charge in [-0.1, -0.05) is 6.07 Å². The van der Waals surface area contributed by atoms with Gasteiger partial charge in [-0.2, -0.15) is 0 Å². The van der Waals surface area contributed by atoms with E-state index in [2.05, 4.69) is 5.32 Å². The van der Waals surface area contributed by atoms with Crippen LogP contribution in [0.1, 0.15) is 17.3 Å². The van der Waals surface area contributed by atoms with E-state index in [4.69, 9.17) is 0 Å².